The van der Waals surface area contributed by atoms with E-state index in [1.165, 1.54) is 18.4 Å². The van der Waals surface area contributed by atoms with Crippen LogP contribution in [0.25, 0.3) is 0 Å². The van der Waals surface area contributed by atoms with Gasteiger partial charge in [-0.3, -0.25) is 9.89 Å². The number of likely N-dealkylation sites (tertiary alicyclic amines) is 1. The van der Waals surface area contributed by atoms with Crippen LogP contribution in [0.1, 0.15) is 30.9 Å². The van der Waals surface area contributed by atoms with Crippen LogP contribution in [0.4, 0.5) is 0 Å². The van der Waals surface area contributed by atoms with Crippen molar-refractivity contribution >= 4 is 29.9 Å². The molecule has 2 aromatic rings. The van der Waals surface area contributed by atoms with E-state index in [-0.39, 0.29) is 24.0 Å². The molecule has 0 saturated carbocycles. The molecule has 0 radical (unpaired) electrons. The number of halogens is 1. The number of methoxy groups -OCH3 is 1. The van der Waals surface area contributed by atoms with Crippen molar-refractivity contribution in [3.8, 4) is 5.75 Å². The van der Waals surface area contributed by atoms with Crippen molar-refractivity contribution in [3.05, 3.63) is 48.5 Å². The molecule has 1 aliphatic heterocycles. The standard InChI is InChI=1S/C21H32N6O.HI/c1-22-21(24-9-6-11-26-14-10-23-17-26)25-16-20(27-12-3-4-13-27)18-7-5-8-19(15-18)28-2;/h5,7-8,10,14-15,17,20H,3-4,6,9,11-13,16H2,1-2H3,(H2,22,24,25);1H. The van der Waals surface area contributed by atoms with Crippen LogP contribution in [0.15, 0.2) is 48.0 Å². The number of hydrogen-bond acceptors (Lipinski definition) is 4. The lowest BCUT2D eigenvalue weighted by atomic mass is 10.1. The SMILES string of the molecule is CN=C(NCCCn1ccnc1)NCC(c1cccc(OC)c1)N1CCCC1.I. The summed E-state index contributed by atoms with van der Waals surface area (Å²) in [5, 5.41) is 6.93. The lowest BCUT2D eigenvalue weighted by molar-refractivity contribution is 0.245. The summed E-state index contributed by atoms with van der Waals surface area (Å²) in [5.41, 5.74) is 1.28. The average Bonchev–Trinajstić information content (AvgIpc) is 3.44. The van der Waals surface area contributed by atoms with Crippen LogP contribution in [-0.2, 0) is 6.54 Å². The molecule has 0 amide bonds. The smallest absolute Gasteiger partial charge is 0.191 e. The van der Waals surface area contributed by atoms with Crippen LogP contribution < -0.4 is 15.4 Å². The van der Waals surface area contributed by atoms with Gasteiger partial charge in [0.15, 0.2) is 5.96 Å². The maximum absolute atomic E-state index is 5.43. The van der Waals surface area contributed by atoms with E-state index in [0.29, 0.717) is 6.04 Å². The lowest BCUT2D eigenvalue weighted by Gasteiger charge is -2.29. The summed E-state index contributed by atoms with van der Waals surface area (Å²) in [7, 11) is 3.54. The first-order chi connectivity index (χ1) is 13.8. The molecule has 0 aliphatic carbocycles. The number of aromatic nitrogens is 2. The highest BCUT2D eigenvalue weighted by Crippen LogP contribution is 2.27. The van der Waals surface area contributed by atoms with Crippen molar-refractivity contribution in [1.29, 1.82) is 0 Å². The molecule has 29 heavy (non-hydrogen) atoms. The fourth-order valence-electron chi connectivity index (χ4n) is 3.66. The molecule has 1 fully saturated rings. The van der Waals surface area contributed by atoms with Crippen LogP contribution in [0, 0.1) is 0 Å². The maximum Gasteiger partial charge on any atom is 0.191 e. The van der Waals surface area contributed by atoms with Gasteiger partial charge in [0.1, 0.15) is 5.75 Å². The van der Waals surface area contributed by atoms with Gasteiger partial charge in [-0.15, -0.1) is 24.0 Å². The molecule has 1 saturated heterocycles. The lowest BCUT2D eigenvalue weighted by Crippen LogP contribution is -2.43. The van der Waals surface area contributed by atoms with Crippen LogP contribution in [0.2, 0.25) is 0 Å². The summed E-state index contributed by atoms with van der Waals surface area (Å²) >= 11 is 0. The van der Waals surface area contributed by atoms with Crippen LogP contribution in [0.3, 0.4) is 0 Å². The Balaban J connectivity index is 0.00000300. The van der Waals surface area contributed by atoms with E-state index >= 15 is 0 Å². The molecule has 1 aromatic carbocycles. The first kappa shape index (κ1) is 23.5. The van der Waals surface area contributed by atoms with Gasteiger partial charge in [-0.25, -0.2) is 4.98 Å². The van der Waals surface area contributed by atoms with Gasteiger partial charge in [-0.1, -0.05) is 12.1 Å². The zero-order valence-corrected chi connectivity index (χ0v) is 19.7. The van der Waals surface area contributed by atoms with E-state index in [1.54, 1.807) is 7.11 Å². The zero-order valence-electron chi connectivity index (χ0n) is 17.4. The second-order valence-corrected chi connectivity index (χ2v) is 7.07. The largest absolute Gasteiger partial charge is 0.497 e. The summed E-state index contributed by atoms with van der Waals surface area (Å²) in [6, 6.07) is 8.71. The molecule has 1 aromatic heterocycles. The van der Waals surface area contributed by atoms with Gasteiger partial charge in [0.05, 0.1) is 19.5 Å². The second kappa shape index (κ2) is 12.7. The number of imidazole rings is 1. The number of rotatable bonds is 9. The van der Waals surface area contributed by atoms with Gasteiger partial charge in [0.2, 0.25) is 0 Å². The molecule has 0 spiro atoms. The van der Waals surface area contributed by atoms with Gasteiger partial charge in [0.25, 0.3) is 0 Å². The van der Waals surface area contributed by atoms with Gasteiger partial charge < -0.3 is 19.9 Å². The topological polar surface area (TPSA) is 66.7 Å². The summed E-state index contributed by atoms with van der Waals surface area (Å²) in [6.45, 7) is 4.91. The third-order valence-corrected chi connectivity index (χ3v) is 5.19. The molecule has 1 unspecified atom stereocenters. The molecular weight excluding hydrogens is 479 g/mol. The summed E-state index contributed by atoms with van der Waals surface area (Å²) in [5.74, 6) is 1.75. The maximum atomic E-state index is 5.43. The molecule has 1 atom stereocenters. The van der Waals surface area contributed by atoms with Crippen LogP contribution >= 0.6 is 24.0 Å². The number of nitrogens with one attached hydrogen (secondary N) is 2. The summed E-state index contributed by atoms with van der Waals surface area (Å²) in [4.78, 5) is 11.0. The Labute approximate surface area is 191 Å². The Bertz CT molecular complexity index is 731. The fourth-order valence-corrected chi connectivity index (χ4v) is 3.66. The Morgan fingerprint density at radius 1 is 1.28 bits per heavy atom. The minimum absolute atomic E-state index is 0. The number of nitrogens with zero attached hydrogens (tertiary/aromatic N) is 4. The van der Waals surface area contributed by atoms with E-state index < -0.39 is 0 Å². The highest BCUT2D eigenvalue weighted by molar-refractivity contribution is 14.0. The van der Waals surface area contributed by atoms with Crippen molar-refractivity contribution in [3.63, 3.8) is 0 Å². The third-order valence-electron chi connectivity index (χ3n) is 5.19. The van der Waals surface area contributed by atoms with Crippen molar-refractivity contribution in [2.24, 2.45) is 4.99 Å². The quantitative estimate of drug-likeness (QED) is 0.234. The minimum Gasteiger partial charge on any atom is -0.497 e. The molecule has 2 heterocycles. The summed E-state index contributed by atoms with van der Waals surface area (Å²) < 4.78 is 7.52. The zero-order chi connectivity index (χ0) is 19.6. The number of ether oxygens (including phenoxy) is 1. The highest BCUT2D eigenvalue weighted by Gasteiger charge is 2.24. The molecule has 0 bridgehead atoms. The number of hydrogen-bond donors (Lipinski definition) is 2. The number of guanidine groups is 1. The first-order valence-electron chi connectivity index (χ1n) is 10.1. The van der Waals surface area contributed by atoms with Crippen LogP contribution in [-0.4, -0.2) is 60.7 Å². The number of aliphatic imine (C=N–C) groups is 1. The highest BCUT2D eigenvalue weighted by atomic mass is 127. The Morgan fingerprint density at radius 2 is 2.10 bits per heavy atom. The molecule has 160 valence electrons. The van der Waals surface area contributed by atoms with Crippen molar-refractivity contribution in [2.75, 3.05) is 40.3 Å². The minimum atomic E-state index is 0. The predicted octanol–water partition coefficient (Wildman–Crippen LogP) is 2.90. The van der Waals surface area contributed by atoms with E-state index in [4.69, 9.17) is 4.74 Å². The molecule has 2 N–H and O–H groups in total. The van der Waals surface area contributed by atoms with Gasteiger partial charge in [0, 0.05) is 39.1 Å². The van der Waals surface area contributed by atoms with E-state index in [2.05, 4.69) is 48.3 Å². The normalized spacial score (nSPS) is 15.6. The first-order valence-corrected chi connectivity index (χ1v) is 10.1. The Morgan fingerprint density at radius 3 is 2.79 bits per heavy atom. The number of aryl methyl sites for hydroxylation is 1. The molecular formula is C21H33IN6O. The van der Waals surface area contributed by atoms with Crippen LogP contribution in [0.5, 0.6) is 5.75 Å². The second-order valence-electron chi connectivity index (χ2n) is 7.07. The fraction of sp³-hybridized carbons (Fsp3) is 0.524. The Kier molecular flexibility index (Phi) is 10.3. The van der Waals surface area contributed by atoms with Gasteiger partial charge in [-0.05, 0) is 50.0 Å². The molecule has 7 nitrogen and oxygen atoms in total. The molecule has 8 heteroatoms. The van der Waals surface area contributed by atoms with Crippen molar-refractivity contribution in [1.82, 2.24) is 25.1 Å². The molecule has 1 aliphatic rings. The van der Waals surface area contributed by atoms with E-state index in [1.807, 2.05) is 31.8 Å². The number of benzene rings is 1. The third kappa shape index (κ3) is 7.18. The van der Waals surface area contributed by atoms with Gasteiger partial charge >= 0.3 is 0 Å². The van der Waals surface area contributed by atoms with Gasteiger partial charge in [-0.2, -0.15) is 0 Å². The predicted molar refractivity (Wildman–Crippen MR) is 128 cm³/mol. The van der Waals surface area contributed by atoms with E-state index in [9.17, 15) is 0 Å². The Hall–Kier alpha value is -1.81. The van der Waals surface area contributed by atoms with E-state index in [0.717, 1.165) is 50.9 Å². The monoisotopic (exact) mass is 512 g/mol. The molecule has 3 rings (SSSR count). The average molecular weight is 512 g/mol. The van der Waals surface area contributed by atoms with Crippen molar-refractivity contribution in [2.45, 2.75) is 31.8 Å². The summed E-state index contributed by atoms with van der Waals surface area (Å²) in [6.07, 6.45) is 9.20. The van der Waals surface area contributed by atoms with Crippen molar-refractivity contribution < 1.29 is 4.74 Å².